The summed E-state index contributed by atoms with van der Waals surface area (Å²) in [6.07, 6.45) is 2.38. The van der Waals surface area contributed by atoms with Crippen molar-refractivity contribution in [2.24, 2.45) is 0 Å². The van der Waals surface area contributed by atoms with Crippen LogP contribution >= 0.6 is 0 Å². The van der Waals surface area contributed by atoms with Gasteiger partial charge in [0, 0.05) is 26.2 Å². The van der Waals surface area contributed by atoms with Crippen LogP contribution in [0.2, 0.25) is 0 Å². The van der Waals surface area contributed by atoms with Crippen LogP contribution in [0.3, 0.4) is 0 Å². The largest absolute Gasteiger partial charge is 0.497 e. The van der Waals surface area contributed by atoms with Crippen LogP contribution in [0.4, 0.5) is 0 Å². The quantitative estimate of drug-likeness (QED) is 0.835. The number of likely N-dealkylation sites (tertiary alicyclic amines) is 1. The first-order valence-corrected chi connectivity index (χ1v) is 7.95. The SMILES string of the molecule is CCOC1CCN(CC(=O)NCc2cccc(OC)c2)CC1. The predicted molar refractivity (Wildman–Crippen MR) is 85.9 cm³/mol. The van der Waals surface area contributed by atoms with Crippen molar-refractivity contribution < 1.29 is 14.3 Å². The molecule has 0 spiro atoms. The van der Waals surface area contributed by atoms with Gasteiger partial charge in [-0.3, -0.25) is 9.69 Å². The summed E-state index contributed by atoms with van der Waals surface area (Å²) >= 11 is 0. The van der Waals surface area contributed by atoms with Gasteiger partial charge in [-0.25, -0.2) is 0 Å². The number of methoxy groups -OCH3 is 1. The van der Waals surface area contributed by atoms with Crippen LogP contribution in [-0.2, 0) is 16.1 Å². The van der Waals surface area contributed by atoms with Crippen molar-refractivity contribution in [2.45, 2.75) is 32.4 Å². The summed E-state index contributed by atoms with van der Waals surface area (Å²) < 4.78 is 10.8. The van der Waals surface area contributed by atoms with E-state index in [-0.39, 0.29) is 5.91 Å². The van der Waals surface area contributed by atoms with Gasteiger partial charge < -0.3 is 14.8 Å². The van der Waals surface area contributed by atoms with E-state index in [0.29, 0.717) is 19.2 Å². The van der Waals surface area contributed by atoms with Crippen LogP contribution in [0.15, 0.2) is 24.3 Å². The van der Waals surface area contributed by atoms with E-state index in [0.717, 1.165) is 43.9 Å². The molecule has 2 rings (SSSR count). The summed E-state index contributed by atoms with van der Waals surface area (Å²) in [6, 6.07) is 7.75. The van der Waals surface area contributed by atoms with Crippen LogP contribution in [0.25, 0.3) is 0 Å². The molecule has 0 aromatic heterocycles. The molecule has 0 bridgehead atoms. The fourth-order valence-corrected chi connectivity index (χ4v) is 2.71. The van der Waals surface area contributed by atoms with Crippen molar-refractivity contribution in [3.05, 3.63) is 29.8 Å². The molecule has 122 valence electrons. The fraction of sp³-hybridized carbons (Fsp3) is 0.588. The van der Waals surface area contributed by atoms with Crippen molar-refractivity contribution in [1.29, 1.82) is 0 Å². The third kappa shape index (κ3) is 5.31. The fourth-order valence-electron chi connectivity index (χ4n) is 2.71. The number of nitrogens with zero attached hydrogens (tertiary/aromatic N) is 1. The summed E-state index contributed by atoms with van der Waals surface area (Å²) in [5.41, 5.74) is 1.04. The lowest BCUT2D eigenvalue weighted by Gasteiger charge is -2.31. The number of benzene rings is 1. The van der Waals surface area contributed by atoms with Crippen molar-refractivity contribution >= 4 is 5.91 Å². The van der Waals surface area contributed by atoms with E-state index in [9.17, 15) is 4.79 Å². The minimum absolute atomic E-state index is 0.0673. The Morgan fingerprint density at radius 1 is 1.36 bits per heavy atom. The summed E-state index contributed by atoms with van der Waals surface area (Å²) in [5, 5.41) is 2.97. The molecule has 1 aromatic carbocycles. The highest BCUT2D eigenvalue weighted by molar-refractivity contribution is 5.78. The molecule has 0 saturated carbocycles. The molecule has 1 aliphatic rings. The number of carbonyl (C=O) groups is 1. The van der Waals surface area contributed by atoms with Crippen molar-refractivity contribution in [3.8, 4) is 5.75 Å². The van der Waals surface area contributed by atoms with Gasteiger partial charge in [-0.15, -0.1) is 0 Å². The second kappa shape index (κ2) is 8.76. The zero-order chi connectivity index (χ0) is 15.8. The molecular weight excluding hydrogens is 280 g/mol. The van der Waals surface area contributed by atoms with Crippen LogP contribution in [0.1, 0.15) is 25.3 Å². The highest BCUT2D eigenvalue weighted by Gasteiger charge is 2.20. The Labute approximate surface area is 132 Å². The van der Waals surface area contributed by atoms with E-state index in [4.69, 9.17) is 9.47 Å². The molecule has 0 atom stereocenters. The molecule has 1 amide bonds. The average Bonchev–Trinajstić information content (AvgIpc) is 2.55. The Kier molecular flexibility index (Phi) is 6.68. The zero-order valence-electron chi connectivity index (χ0n) is 13.5. The first-order chi connectivity index (χ1) is 10.7. The van der Waals surface area contributed by atoms with Gasteiger partial charge in [0.1, 0.15) is 5.75 Å². The minimum Gasteiger partial charge on any atom is -0.497 e. The molecule has 0 aliphatic carbocycles. The molecule has 5 nitrogen and oxygen atoms in total. The van der Waals surface area contributed by atoms with E-state index in [1.54, 1.807) is 7.11 Å². The highest BCUT2D eigenvalue weighted by atomic mass is 16.5. The molecule has 22 heavy (non-hydrogen) atoms. The Morgan fingerprint density at radius 3 is 2.82 bits per heavy atom. The third-order valence-corrected chi connectivity index (χ3v) is 3.93. The summed E-state index contributed by atoms with van der Waals surface area (Å²) in [4.78, 5) is 14.2. The number of rotatable bonds is 7. The maximum absolute atomic E-state index is 12.0. The van der Waals surface area contributed by atoms with E-state index in [1.165, 1.54) is 0 Å². The van der Waals surface area contributed by atoms with Gasteiger partial charge in [-0.2, -0.15) is 0 Å². The minimum atomic E-state index is 0.0673. The first-order valence-electron chi connectivity index (χ1n) is 7.95. The van der Waals surface area contributed by atoms with Gasteiger partial charge in [0.25, 0.3) is 0 Å². The number of nitrogens with one attached hydrogen (secondary N) is 1. The van der Waals surface area contributed by atoms with Gasteiger partial charge in [-0.05, 0) is 37.5 Å². The number of ether oxygens (including phenoxy) is 2. The molecule has 1 N–H and O–H groups in total. The molecule has 0 radical (unpaired) electrons. The molecule has 1 saturated heterocycles. The van der Waals surface area contributed by atoms with Crippen LogP contribution < -0.4 is 10.1 Å². The molecule has 0 unspecified atom stereocenters. The van der Waals surface area contributed by atoms with E-state index in [2.05, 4.69) is 10.2 Å². The zero-order valence-corrected chi connectivity index (χ0v) is 13.5. The number of carbonyl (C=O) groups excluding carboxylic acids is 1. The van der Waals surface area contributed by atoms with Crippen LogP contribution in [0.5, 0.6) is 5.75 Å². The second-order valence-corrected chi connectivity index (χ2v) is 5.56. The molecule has 1 aliphatic heterocycles. The lowest BCUT2D eigenvalue weighted by atomic mass is 10.1. The van der Waals surface area contributed by atoms with E-state index in [1.807, 2.05) is 31.2 Å². The monoisotopic (exact) mass is 306 g/mol. The molecule has 5 heteroatoms. The predicted octanol–water partition coefficient (Wildman–Crippen LogP) is 1.81. The van der Waals surface area contributed by atoms with Crippen molar-refractivity contribution in [1.82, 2.24) is 10.2 Å². The number of piperidine rings is 1. The smallest absolute Gasteiger partial charge is 0.234 e. The van der Waals surface area contributed by atoms with Gasteiger partial charge in [-0.1, -0.05) is 12.1 Å². The Bertz CT molecular complexity index is 471. The molecular formula is C17H26N2O3. The van der Waals surface area contributed by atoms with Crippen molar-refractivity contribution in [3.63, 3.8) is 0 Å². The topological polar surface area (TPSA) is 50.8 Å². The molecule has 1 fully saturated rings. The second-order valence-electron chi connectivity index (χ2n) is 5.56. The summed E-state index contributed by atoms with van der Waals surface area (Å²) in [6.45, 7) is 5.65. The van der Waals surface area contributed by atoms with Gasteiger partial charge in [0.15, 0.2) is 0 Å². The first kappa shape index (κ1) is 16.8. The maximum Gasteiger partial charge on any atom is 0.234 e. The van der Waals surface area contributed by atoms with Crippen LogP contribution in [-0.4, -0.2) is 50.3 Å². The lowest BCUT2D eigenvalue weighted by Crippen LogP contribution is -2.43. The van der Waals surface area contributed by atoms with Crippen LogP contribution in [0, 0.1) is 0 Å². The number of hydrogen-bond donors (Lipinski definition) is 1. The van der Waals surface area contributed by atoms with E-state index >= 15 is 0 Å². The maximum atomic E-state index is 12.0. The standard InChI is InChI=1S/C17H26N2O3/c1-3-22-15-7-9-19(10-8-15)13-17(20)18-12-14-5-4-6-16(11-14)21-2/h4-6,11,15H,3,7-10,12-13H2,1-2H3,(H,18,20). The van der Waals surface area contributed by atoms with Gasteiger partial charge in [0.2, 0.25) is 5.91 Å². The van der Waals surface area contributed by atoms with E-state index < -0.39 is 0 Å². The van der Waals surface area contributed by atoms with Crippen molar-refractivity contribution in [2.75, 3.05) is 33.4 Å². The number of hydrogen-bond acceptors (Lipinski definition) is 4. The lowest BCUT2D eigenvalue weighted by molar-refractivity contribution is -0.123. The number of amides is 1. The summed E-state index contributed by atoms with van der Waals surface area (Å²) in [5.74, 6) is 0.877. The Balaban J connectivity index is 1.70. The normalized spacial score (nSPS) is 16.5. The average molecular weight is 306 g/mol. The Hall–Kier alpha value is -1.59. The third-order valence-electron chi connectivity index (χ3n) is 3.93. The summed E-state index contributed by atoms with van der Waals surface area (Å²) in [7, 11) is 1.64. The van der Waals surface area contributed by atoms with Gasteiger partial charge in [0.05, 0.1) is 19.8 Å². The highest BCUT2D eigenvalue weighted by Crippen LogP contribution is 2.14. The molecule has 1 aromatic rings. The Morgan fingerprint density at radius 2 is 2.14 bits per heavy atom. The van der Waals surface area contributed by atoms with Gasteiger partial charge >= 0.3 is 0 Å². The molecule has 1 heterocycles.